The number of carbonyl (C=O) groups is 1. The number of ether oxygens (including phenoxy) is 1. The lowest BCUT2D eigenvalue weighted by atomic mass is 10.5. The number of sulfonamides is 1. The number of carbonyl (C=O) groups excluding carboxylic acids is 1. The van der Waals surface area contributed by atoms with Crippen LogP contribution in [0, 0.1) is 0 Å². The minimum Gasteiger partial charge on any atom is -0.449 e. The maximum absolute atomic E-state index is 11.4. The van der Waals surface area contributed by atoms with Crippen LogP contribution in [0.4, 0.5) is 4.79 Å². The van der Waals surface area contributed by atoms with Gasteiger partial charge < -0.3 is 4.74 Å². The fourth-order valence-electron chi connectivity index (χ4n) is 1.08. The first-order valence-corrected chi connectivity index (χ1v) is 9.04. The summed E-state index contributed by atoms with van der Waals surface area (Å²) in [7, 11) is -7.89. The summed E-state index contributed by atoms with van der Waals surface area (Å²) in [5.41, 5.74) is 0. The van der Waals surface area contributed by atoms with Gasteiger partial charge in [-0.3, -0.25) is 0 Å². The van der Waals surface area contributed by atoms with Crippen LogP contribution in [0.5, 0.6) is 0 Å². The topological polar surface area (TPSA) is 145 Å². The van der Waals surface area contributed by atoms with Crippen LogP contribution < -0.4 is 14.6 Å². The molecule has 0 aliphatic heterocycles. The SMILES string of the molecule is CCOC(=O)NS(=O)(=O)NCc1ccc(S(N)(=O)=O)s1. The van der Waals surface area contributed by atoms with Crippen molar-refractivity contribution in [1.82, 2.24) is 9.44 Å². The van der Waals surface area contributed by atoms with Gasteiger partial charge >= 0.3 is 16.3 Å². The third-order valence-corrected chi connectivity index (χ3v) is 5.33. The molecule has 114 valence electrons. The molecule has 0 bridgehead atoms. The number of primary sulfonamides is 1. The second kappa shape index (κ2) is 6.49. The van der Waals surface area contributed by atoms with Gasteiger partial charge in [-0.15, -0.1) is 11.3 Å². The first kappa shape index (κ1) is 16.8. The zero-order valence-corrected chi connectivity index (χ0v) is 12.8. The molecule has 0 aliphatic rings. The van der Waals surface area contributed by atoms with E-state index in [-0.39, 0.29) is 17.4 Å². The van der Waals surface area contributed by atoms with E-state index in [1.165, 1.54) is 19.1 Å². The predicted octanol–water partition coefficient (Wildman–Crippen LogP) is -0.524. The highest BCUT2D eigenvalue weighted by Gasteiger charge is 2.16. The zero-order valence-electron chi connectivity index (χ0n) is 10.3. The second-order valence-electron chi connectivity index (χ2n) is 3.41. The Balaban J connectivity index is 2.63. The lowest BCUT2D eigenvalue weighted by Crippen LogP contribution is -2.40. The third-order valence-electron chi connectivity index (χ3n) is 1.85. The Hall–Kier alpha value is -1.21. The standard InChI is InChI=1S/C8H13N3O6S3/c1-2-17-8(12)11-20(15,16)10-5-6-3-4-7(18-6)19(9,13)14/h3-4,10H,2,5H2,1H3,(H,11,12)(H2,9,13,14). The first-order chi connectivity index (χ1) is 9.14. The lowest BCUT2D eigenvalue weighted by molar-refractivity contribution is 0.158. The van der Waals surface area contributed by atoms with E-state index < -0.39 is 26.3 Å². The first-order valence-electron chi connectivity index (χ1n) is 5.19. The van der Waals surface area contributed by atoms with Crippen LogP contribution in [-0.2, 0) is 31.5 Å². The normalized spacial score (nSPS) is 12.1. The van der Waals surface area contributed by atoms with Crippen LogP contribution in [0.15, 0.2) is 16.3 Å². The second-order valence-corrected chi connectivity index (χ2v) is 7.87. The number of rotatable bonds is 6. The smallest absolute Gasteiger partial charge is 0.421 e. The molecule has 0 spiro atoms. The van der Waals surface area contributed by atoms with Gasteiger partial charge in [-0.25, -0.2) is 23.1 Å². The average Bonchev–Trinajstić information content (AvgIpc) is 2.74. The molecule has 0 aromatic carbocycles. The summed E-state index contributed by atoms with van der Waals surface area (Å²) in [5.74, 6) is 0. The molecule has 9 nitrogen and oxygen atoms in total. The molecule has 1 aromatic rings. The summed E-state index contributed by atoms with van der Waals surface area (Å²) in [4.78, 5) is 11.4. The number of thiophene rings is 1. The van der Waals surface area contributed by atoms with Crippen LogP contribution >= 0.6 is 11.3 Å². The molecule has 0 unspecified atom stereocenters. The molecule has 20 heavy (non-hydrogen) atoms. The van der Waals surface area contributed by atoms with Crippen molar-refractivity contribution in [3.63, 3.8) is 0 Å². The highest BCUT2D eigenvalue weighted by molar-refractivity contribution is 7.91. The van der Waals surface area contributed by atoms with Gasteiger partial charge in [-0.05, 0) is 19.1 Å². The van der Waals surface area contributed by atoms with Crippen LogP contribution in [0.25, 0.3) is 0 Å². The van der Waals surface area contributed by atoms with Crippen LogP contribution in [0.1, 0.15) is 11.8 Å². The molecular formula is C8H13N3O6S3. The van der Waals surface area contributed by atoms with Crippen molar-refractivity contribution < 1.29 is 26.4 Å². The molecule has 0 fully saturated rings. The van der Waals surface area contributed by atoms with Crippen molar-refractivity contribution in [2.45, 2.75) is 17.7 Å². The Bertz CT molecular complexity index is 678. The average molecular weight is 343 g/mol. The van der Waals surface area contributed by atoms with Gasteiger partial charge in [0.2, 0.25) is 10.0 Å². The Morgan fingerprint density at radius 3 is 2.50 bits per heavy atom. The fourth-order valence-corrected chi connectivity index (χ4v) is 3.58. The Labute approximate surface area is 120 Å². The molecule has 0 atom stereocenters. The van der Waals surface area contributed by atoms with Gasteiger partial charge in [-0.2, -0.15) is 13.1 Å². The van der Waals surface area contributed by atoms with E-state index in [2.05, 4.69) is 9.46 Å². The highest BCUT2D eigenvalue weighted by atomic mass is 32.2. The van der Waals surface area contributed by atoms with Crippen molar-refractivity contribution in [2.24, 2.45) is 5.14 Å². The summed E-state index contributed by atoms with van der Waals surface area (Å²) in [6.45, 7) is 1.37. The summed E-state index contributed by atoms with van der Waals surface area (Å²) < 4.78 is 53.0. The zero-order chi connectivity index (χ0) is 15.4. The van der Waals surface area contributed by atoms with E-state index in [4.69, 9.17) is 5.14 Å². The van der Waals surface area contributed by atoms with Gasteiger partial charge in [0.25, 0.3) is 0 Å². The summed E-state index contributed by atoms with van der Waals surface area (Å²) in [6, 6.07) is 2.68. The molecule has 1 heterocycles. The molecule has 12 heteroatoms. The van der Waals surface area contributed by atoms with Crippen LogP contribution in [-0.4, -0.2) is 29.5 Å². The largest absolute Gasteiger partial charge is 0.449 e. The van der Waals surface area contributed by atoms with Crippen LogP contribution in [0.2, 0.25) is 0 Å². The number of hydrogen-bond acceptors (Lipinski definition) is 7. The van der Waals surface area contributed by atoms with E-state index in [0.717, 1.165) is 11.3 Å². The van der Waals surface area contributed by atoms with Crippen molar-refractivity contribution in [2.75, 3.05) is 6.61 Å². The third kappa shape index (κ3) is 5.42. The van der Waals surface area contributed by atoms with Gasteiger partial charge in [0.05, 0.1) is 6.61 Å². The molecule has 1 amide bonds. The molecule has 1 rings (SSSR count). The quantitative estimate of drug-likeness (QED) is 0.633. The van der Waals surface area contributed by atoms with Gasteiger partial charge in [-0.1, -0.05) is 0 Å². The van der Waals surface area contributed by atoms with E-state index in [9.17, 15) is 21.6 Å². The molecule has 0 radical (unpaired) electrons. The Morgan fingerprint density at radius 1 is 1.35 bits per heavy atom. The van der Waals surface area contributed by atoms with Gasteiger partial charge in [0, 0.05) is 11.4 Å². The van der Waals surface area contributed by atoms with Crippen molar-refractivity contribution in [3.05, 3.63) is 17.0 Å². The van der Waals surface area contributed by atoms with E-state index in [1.54, 1.807) is 4.72 Å². The molecule has 0 saturated carbocycles. The Kier molecular flexibility index (Phi) is 5.47. The number of nitrogens with two attached hydrogens (primary N) is 1. The minimum atomic E-state index is -4.08. The minimum absolute atomic E-state index is 0.0317. The van der Waals surface area contributed by atoms with E-state index in [1.807, 2.05) is 0 Å². The maximum Gasteiger partial charge on any atom is 0.421 e. The van der Waals surface area contributed by atoms with Crippen molar-refractivity contribution in [3.8, 4) is 0 Å². The summed E-state index contributed by atoms with van der Waals surface area (Å²) in [6.07, 6.45) is -1.10. The Morgan fingerprint density at radius 2 is 2.00 bits per heavy atom. The number of amides is 1. The van der Waals surface area contributed by atoms with E-state index >= 15 is 0 Å². The van der Waals surface area contributed by atoms with Gasteiger partial charge in [0.1, 0.15) is 4.21 Å². The molecular weight excluding hydrogens is 330 g/mol. The molecule has 1 aromatic heterocycles. The number of nitrogens with one attached hydrogen (secondary N) is 2. The monoisotopic (exact) mass is 343 g/mol. The van der Waals surface area contributed by atoms with Crippen molar-refractivity contribution in [1.29, 1.82) is 0 Å². The fraction of sp³-hybridized carbons (Fsp3) is 0.375. The molecule has 0 saturated heterocycles. The van der Waals surface area contributed by atoms with E-state index in [0.29, 0.717) is 4.88 Å². The molecule has 4 N–H and O–H groups in total. The molecule has 0 aliphatic carbocycles. The van der Waals surface area contributed by atoms with Crippen molar-refractivity contribution >= 4 is 37.7 Å². The van der Waals surface area contributed by atoms with Crippen LogP contribution in [0.3, 0.4) is 0 Å². The van der Waals surface area contributed by atoms with Gasteiger partial charge in [0.15, 0.2) is 0 Å². The summed E-state index contributed by atoms with van der Waals surface area (Å²) >= 11 is 0.826. The predicted molar refractivity (Wildman–Crippen MR) is 71.6 cm³/mol. The number of hydrogen-bond donors (Lipinski definition) is 3. The summed E-state index contributed by atoms with van der Waals surface area (Å²) in [5, 5.41) is 4.92. The highest BCUT2D eigenvalue weighted by Crippen LogP contribution is 2.19. The maximum atomic E-state index is 11.4. The lowest BCUT2D eigenvalue weighted by Gasteiger charge is -2.06.